The van der Waals surface area contributed by atoms with Crippen LogP contribution in [0.4, 0.5) is 0 Å². The third-order valence-corrected chi connectivity index (χ3v) is 10.2. The molecule has 63 heavy (non-hydrogen) atoms. The average molecular weight is 904 g/mol. The molecule has 3 aromatic rings. The van der Waals surface area contributed by atoms with Gasteiger partial charge in [0.15, 0.2) is 23.7 Å². The van der Waals surface area contributed by atoms with E-state index in [9.17, 15) is 38.9 Å². The molecule has 2 N–H and O–H groups in total. The number of nitrogens with zero attached hydrogens (tertiary/aromatic N) is 5. The standard InChI is InChI=1S/C12H17N3O8.2C12H18N2O6/c1-20-6-7-9(21-2)10(22-3)11(23-7)13-5-4-8(16)14(12(13)17)15(18)19;2*1-17-6-7-9(18-2)10(19-3)11(20-7)14-5-4-8(15)13-12(14)16/h4-5,7,9-11H,6H2,1-3H3;2*4-5,7,9-11H,6H2,1-3H3,(H,13,15,16). The quantitative estimate of drug-likeness (QED) is 0.106. The van der Waals surface area contributed by atoms with Gasteiger partial charge in [-0.3, -0.25) is 38.1 Å². The highest BCUT2D eigenvalue weighted by atomic mass is 16.7. The molecule has 0 amide bonds. The molecule has 27 nitrogen and oxygen atoms in total. The summed E-state index contributed by atoms with van der Waals surface area (Å²) in [5, 5.41) is 9.80. The normalized spacial score (nSPS) is 28.8. The Hall–Kier alpha value is -5.04. The molecule has 0 spiro atoms. The molecule has 0 aromatic carbocycles. The lowest BCUT2D eigenvalue weighted by Gasteiger charge is -2.22. The third-order valence-electron chi connectivity index (χ3n) is 10.2. The molecular formula is C36H53N7O20. The maximum absolute atomic E-state index is 12.2. The molecule has 6 rings (SSSR count). The van der Waals surface area contributed by atoms with Gasteiger partial charge in [0.25, 0.3) is 11.1 Å². The number of hydrogen-bond donors (Lipinski definition) is 2. The van der Waals surface area contributed by atoms with Gasteiger partial charge in [-0.25, -0.2) is 24.5 Å². The maximum Gasteiger partial charge on any atom is 0.394 e. The second kappa shape index (κ2) is 23.6. The van der Waals surface area contributed by atoms with Gasteiger partial charge in [-0.15, -0.1) is 0 Å². The van der Waals surface area contributed by atoms with E-state index < -0.39 is 88.0 Å². The van der Waals surface area contributed by atoms with Crippen molar-refractivity contribution in [3.05, 3.63) is 109 Å². The van der Waals surface area contributed by atoms with Gasteiger partial charge in [0.2, 0.25) is 0 Å². The molecule has 3 fully saturated rings. The van der Waals surface area contributed by atoms with Crippen molar-refractivity contribution < 1.29 is 61.9 Å². The molecule has 27 heteroatoms. The van der Waals surface area contributed by atoms with E-state index >= 15 is 0 Å². The molecule has 3 aliphatic rings. The fourth-order valence-electron chi connectivity index (χ4n) is 7.38. The first kappa shape index (κ1) is 50.6. The van der Waals surface area contributed by atoms with Crippen molar-refractivity contribution in [2.75, 3.05) is 83.8 Å². The van der Waals surface area contributed by atoms with Crippen molar-refractivity contribution in [2.24, 2.45) is 0 Å². The minimum absolute atomic E-state index is 0.0957. The van der Waals surface area contributed by atoms with Crippen molar-refractivity contribution in [1.82, 2.24) is 28.3 Å². The van der Waals surface area contributed by atoms with E-state index in [0.717, 1.165) is 16.8 Å². The van der Waals surface area contributed by atoms with Gasteiger partial charge in [0.1, 0.15) is 54.9 Å². The van der Waals surface area contributed by atoms with Gasteiger partial charge in [-0.2, -0.15) is 0 Å². The highest BCUT2D eigenvalue weighted by Gasteiger charge is 2.49. The fourth-order valence-corrected chi connectivity index (χ4v) is 7.38. The summed E-state index contributed by atoms with van der Waals surface area (Å²) in [5.74, 6) is 0. The smallest absolute Gasteiger partial charge is 0.382 e. The number of nitrogens with one attached hydrogen (secondary N) is 2. The number of ether oxygens (including phenoxy) is 12. The molecule has 352 valence electrons. The Bertz CT molecular complexity index is 2190. The first-order valence-corrected chi connectivity index (χ1v) is 18.9. The number of methoxy groups -OCH3 is 9. The summed E-state index contributed by atoms with van der Waals surface area (Å²) in [6.45, 7) is 0.804. The van der Waals surface area contributed by atoms with E-state index in [1.165, 1.54) is 69.2 Å². The Morgan fingerprint density at radius 1 is 0.524 bits per heavy atom. The van der Waals surface area contributed by atoms with Crippen molar-refractivity contribution in [1.29, 1.82) is 0 Å². The number of hydrogen-bond acceptors (Lipinski definition) is 20. The summed E-state index contributed by atoms with van der Waals surface area (Å²) in [4.78, 5) is 84.9. The van der Waals surface area contributed by atoms with Crippen LogP contribution in [0.2, 0.25) is 0 Å². The van der Waals surface area contributed by atoms with Crippen molar-refractivity contribution in [3.8, 4) is 0 Å². The van der Waals surface area contributed by atoms with Crippen LogP contribution < -0.4 is 33.7 Å². The summed E-state index contributed by atoms with van der Waals surface area (Å²) in [6, 6.07) is 3.41. The maximum atomic E-state index is 12.2. The SMILES string of the molecule is COCC1OC(n2ccc(=O)[nH]c2=O)C(OC)C1OC.COCC1OC(n2ccc(=O)[nH]c2=O)C(OC)C1OC.COCC1OC(n2ccc(=O)n([N+](=O)[O-])c2=O)C(OC)C1OC. The molecule has 12 unspecified atom stereocenters. The molecule has 12 atom stereocenters. The van der Waals surface area contributed by atoms with Crippen LogP contribution >= 0.6 is 0 Å². The zero-order chi connectivity index (χ0) is 46.5. The van der Waals surface area contributed by atoms with E-state index in [2.05, 4.69) is 9.97 Å². The summed E-state index contributed by atoms with van der Waals surface area (Å²) < 4.78 is 68.0. The predicted molar refractivity (Wildman–Crippen MR) is 212 cm³/mol. The van der Waals surface area contributed by atoms with E-state index in [-0.39, 0.29) is 35.7 Å². The Labute approximate surface area is 356 Å². The second-order valence-corrected chi connectivity index (χ2v) is 13.7. The van der Waals surface area contributed by atoms with Gasteiger partial charge >= 0.3 is 22.6 Å². The van der Waals surface area contributed by atoms with E-state index in [4.69, 9.17) is 56.8 Å². The number of H-pyrrole nitrogens is 2. The molecule has 0 radical (unpaired) electrons. The highest BCUT2D eigenvalue weighted by Crippen LogP contribution is 2.34. The number of aromatic amines is 2. The number of nitro groups is 1. The lowest BCUT2D eigenvalue weighted by atomic mass is 10.1. The minimum Gasteiger partial charge on any atom is -0.382 e. The molecule has 3 saturated heterocycles. The van der Waals surface area contributed by atoms with Gasteiger partial charge < -0.3 is 56.8 Å². The Morgan fingerprint density at radius 3 is 1.13 bits per heavy atom. The summed E-state index contributed by atoms with van der Waals surface area (Å²) >= 11 is 0. The molecular weight excluding hydrogens is 850 g/mol. The zero-order valence-electron chi connectivity index (χ0n) is 35.9. The highest BCUT2D eigenvalue weighted by molar-refractivity contribution is 4.97. The molecule has 3 aliphatic heterocycles. The van der Waals surface area contributed by atoms with Crippen LogP contribution in [0.3, 0.4) is 0 Å². The Kier molecular flexibility index (Phi) is 18.9. The molecule has 3 aromatic heterocycles. The summed E-state index contributed by atoms with van der Waals surface area (Å²) in [6.07, 6.45) is -2.72. The largest absolute Gasteiger partial charge is 0.394 e. The van der Waals surface area contributed by atoms with Crippen LogP contribution in [-0.4, -0.2) is 172 Å². The predicted octanol–water partition coefficient (Wildman–Crippen LogP) is -3.16. The number of rotatable bonds is 16. The third kappa shape index (κ3) is 11.4. The Morgan fingerprint density at radius 2 is 0.841 bits per heavy atom. The molecule has 0 saturated carbocycles. The monoisotopic (exact) mass is 903 g/mol. The van der Waals surface area contributed by atoms with Gasteiger partial charge in [0, 0.05) is 105 Å². The van der Waals surface area contributed by atoms with Crippen LogP contribution in [0, 0.1) is 10.1 Å². The van der Waals surface area contributed by atoms with Crippen LogP contribution in [0.1, 0.15) is 18.7 Å². The van der Waals surface area contributed by atoms with Crippen LogP contribution in [-0.2, 0) is 56.8 Å². The minimum atomic E-state index is -1.14. The topological polar surface area (TPSA) is 308 Å². The molecule has 0 aliphatic carbocycles. The lowest BCUT2D eigenvalue weighted by Crippen LogP contribution is -2.46. The van der Waals surface area contributed by atoms with Gasteiger partial charge in [0.05, 0.1) is 19.8 Å². The first-order chi connectivity index (χ1) is 30.2. The lowest BCUT2D eigenvalue weighted by molar-refractivity contribution is -0.549. The van der Waals surface area contributed by atoms with E-state index in [1.54, 1.807) is 28.4 Å². The summed E-state index contributed by atoms with van der Waals surface area (Å²) in [7, 11) is 13.5. The van der Waals surface area contributed by atoms with Crippen LogP contribution in [0.15, 0.2) is 65.6 Å². The van der Waals surface area contributed by atoms with Crippen molar-refractivity contribution >= 4 is 0 Å². The Balaban J connectivity index is 0.000000208. The first-order valence-electron chi connectivity index (χ1n) is 18.9. The second-order valence-electron chi connectivity index (χ2n) is 13.7. The molecule has 0 bridgehead atoms. The van der Waals surface area contributed by atoms with Crippen LogP contribution in [0.25, 0.3) is 0 Å². The van der Waals surface area contributed by atoms with Crippen molar-refractivity contribution in [2.45, 2.75) is 73.6 Å². The molecule has 6 heterocycles. The van der Waals surface area contributed by atoms with Gasteiger partial charge in [-0.1, -0.05) is 0 Å². The van der Waals surface area contributed by atoms with Gasteiger partial charge in [-0.05, 0) is 0 Å². The van der Waals surface area contributed by atoms with E-state index in [1.807, 2.05) is 0 Å². The number of aromatic nitrogens is 6. The summed E-state index contributed by atoms with van der Waals surface area (Å²) in [5.41, 5.74) is -4.22. The fraction of sp³-hybridized carbons (Fsp3) is 0.667. The average Bonchev–Trinajstić information content (AvgIpc) is 3.91. The van der Waals surface area contributed by atoms with Crippen molar-refractivity contribution in [3.63, 3.8) is 0 Å². The van der Waals surface area contributed by atoms with Crippen LogP contribution in [0.5, 0.6) is 0 Å². The zero-order valence-corrected chi connectivity index (χ0v) is 35.9. The van der Waals surface area contributed by atoms with E-state index in [0.29, 0.717) is 13.2 Å².